The lowest BCUT2D eigenvalue weighted by Gasteiger charge is -2.25. The number of aromatic nitrogens is 1. The van der Waals surface area contributed by atoms with Crippen molar-refractivity contribution in [3.05, 3.63) is 18.2 Å². The summed E-state index contributed by atoms with van der Waals surface area (Å²) in [5, 5.41) is 3.82. The lowest BCUT2D eigenvalue weighted by atomic mass is 10.2. The third kappa shape index (κ3) is 3.93. The Morgan fingerprint density at radius 2 is 2.07 bits per heavy atom. The number of carbonyl (C=O) groups excluding carboxylic acids is 1. The van der Waals surface area contributed by atoms with E-state index in [0.717, 1.165) is 34.7 Å². The van der Waals surface area contributed by atoms with E-state index in [4.69, 9.17) is 4.74 Å². The lowest BCUT2D eigenvalue weighted by Crippen LogP contribution is -2.42. The molecule has 3 heterocycles. The summed E-state index contributed by atoms with van der Waals surface area (Å²) in [4.78, 5) is 19.5. The van der Waals surface area contributed by atoms with E-state index in [-0.39, 0.29) is 5.91 Å². The number of nitrogens with one attached hydrogen (secondary N) is 1. The van der Waals surface area contributed by atoms with Gasteiger partial charge in [0.25, 0.3) is 0 Å². The molecule has 8 nitrogen and oxygen atoms in total. The van der Waals surface area contributed by atoms with E-state index < -0.39 is 16.1 Å². The van der Waals surface area contributed by atoms with Crippen molar-refractivity contribution in [2.75, 3.05) is 49.3 Å². The van der Waals surface area contributed by atoms with Gasteiger partial charge >= 0.3 is 0 Å². The van der Waals surface area contributed by atoms with Crippen LogP contribution in [0.1, 0.15) is 12.8 Å². The molecule has 1 N–H and O–H groups in total. The highest BCUT2D eigenvalue weighted by Crippen LogP contribution is 2.31. The third-order valence-corrected chi connectivity index (χ3v) is 7.23. The fourth-order valence-electron chi connectivity index (χ4n) is 3.50. The molecule has 2 saturated heterocycles. The molecule has 27 heavy (non-hydrogen) atoms. The molecule has 0 bridgehead atoms. The fraction of sp³-hybridized carbons (Fsp3) is 0.529. The van der Waals surface area contributed by atoms with Crippen LogP contribution in [0.5, 0.6) is 0 Å². The number of carbonyl (C=O) groups is 1. The summed E-state index contributed by atoms with van der Waals surface area (Å²) in [6.45, 7) is 3.46. The van der Waals surface area contributed by atoms with Crippen LogP contribution in [0.25, 0.3) is 10.2 Å². The number of amides is 1. The van der Waals surface area contributed by atoms with Gasteiger partial charge in [-0.2, -0.15) is 4.31 Å². The number of fused-ring (bicyclic) bond motifs is 1. The van der Waals surface area contributed by atoms with Crippen molar-refractivity contribution in [3.63, 3.8) is 0 Å². The lowest BCUT2D eigenvalue weighted by molar-refractivity contribution is -0.119. The SMILES string of the molecule is CS(=O)(=O)N1CCCC1C(=O)Nc1ccc2nc(N3CCOCC3)sc2c1. The molecule has 0 aliphatic carbocycles. The maximum Gasteiger partial charge on any atom is 0.242 e. The van der Waals surface area contributed by atoms with E-state index in [1.807, 2.05) is 18.2 Å². The van der Waals surface area contributed by atoms with E-state index in [1.54, 1.807) is 11.3 Å². The maximum atomic E-state index is 12.6. The van der Waals surface area contributed by atoms with Gasteiger partial charge in [0.15, 0.2) is 5.13 Å². The van der Waals surface area contributed by atoms with Crippen LogP contribution in [0.15, 0.2) is 18.2 Å². The molecular weight excluding hydrogens is 388 g/mol. The number of nitrogens with zero attached hydrogens (tertiary/aromatic N) is 3. The Morgan fingerprint density at radius 3 is 2.81 bits per heavy atom. The summed E-state index contributed by atoms with van der Waals surface area (Å²) >= 11 is 1.58. The third-order valence-electron chi connectivity index (χ3n) is 4.86. The molecule has 0 spiro atoms. The number of hydrogen-bond donors (Lipinski definition) is 1. The largest absolute Gasteiger partial charge is 0.378 e. The molecule has 146 valence electrons. The van der Waals surface area contributed by atoms with Crippen molar-refractivity contribution in [2.24, 2.45) is 0 Å². The number of thiazole rings is 1. The molecule has 10 heteroatoms. The van der Waals surface area contributed by atoms with Crippen molar-refractivity contribution in [2.45, 2.75) is 18.9 Å². The average molecular weight is 411 g/mol. The molecule has 2 aliphatic heterocycles. The molecule has 2 aliphatic rings. The van der Waals surface area contributed by atoms with E-state index in [0.29, 0.717) is 38.3 Å². The molecule has 1 aromatic carbocycles. The first-order valence-electron chi connectivity index (χ1n) is 8.93. The van der Waals surface area contributed by atoms with Crippen LogP contribution >= 0.6 is 11.3 Å². The van der Waals surface area contributed by atoms with Crippen LogP contribution < -0.4 is 10.2 Å². The quantitative estimate of drug-likeness (QED) is 0.821. The number of morpholine rings is 1. The second-order valence-electron chi connectivity index (χ2n) is 6.80. The van der Waals surface area contributed by atoms with Crippen molar-refractivity contribution in [3.8, 4) is 0 Å². The summed E-state index contributed by atoms with van der Waals surface area (Å²) in [5.74, 6) is -0.282. The van der Waals surface area contributed by atoms with Gasteiger partial charge in [-0.05, 0) is 31.0 Å². The van der Waals surface area contributed by atoms with Gasteiger partial charge in [0.1, 0.15) is 6.04 Å². The molecule has 1 unspecified atom stereocenters. The molecule has 2 aromatic rings. The first kappa shape index (κ1) is 18.6. The fourth-order valence-corrected chi connectivity index (χ4v) is 5.69. The first-order valence-corrected chi connectivity index (χ1v) is 11.6. The van der Waals surface area contributed by atoms with Crippen molar-refractivity contribution < 1.29 is 17.9 Å². The molecule has 4 rings (SSSR count). The smallest absolute Gasteiger partial charge is 0.242 e. The number of hydrogen-bond acceptors (Lipinski definition) is 7. The monoisotopic (exact) mass is 410 g/mol. The Hall–Kier alpha value is -1.75. The summed E-state index contributed by atoms with van der Waals surface area (Å²) in [5.41, 5.74) is 1.54. The highest BCUT2D eigenvalue weighted by molar-refractivity contribution is 7.88. The Balaban J connectivity index is 1.51. The van der Waals surface area contributed by atoms with Gasteiger partial charge in [-0.25, -0.2) is 13.4 Å². The van der Waals surface area contributed by atoms with Crippen molar-refractivity contribution >= 4 is 48.3 Å². The van der Waals surface area contributed by atoms with Crippen LogP contribution in [0, 0.1) is 0 Å². The van der Waals surface area contributed by atoms with E-state index in [2.05, 4.69) is 15.2 Å². The molecule has 1 atom stereocenters. The zero-order valence-corrected chi connectivity index (χ0v) is 16.7. The summed E-state index contributed by atoms with van der Waals surface area (Å²) in [7, 11) is -3.38. The van der Waals surface area contributed by atoms with Crippen molar-refractivity contribution in [1.82, 2.24) is 9.29 Å². The second-order valence-corrected chi connectivity index (χ2v) is 9.74. The molecule has 0 radical (unpaired) electrons. The topological polar surface area (TPSA) is 91.8 Å². The van der Waals surface area contributed by atoms with E-state index in [9.17, 15) is 13.2 Å². The zero-order valence-electron chi connectivity index (χ0n) is 15.1. The van der Waals surface area contributed by atoms with Gasteiger partial charge in [-0.1, -0.05) is 11.3 Å². The second kappa shape index (κ2) is 7.34. The van der Waals surface area contributed by atoms with Crippen LogP contribution in [0.4, 0.5) is 10.8 Å². The molecular formula is C17H22N4O4S2. The number of ether oxygens (including phenoxy) is 1. The van der Waals surface area contributed by atoms with Crippen LogP contribution in [0.3, 0.4) is 0 Å². The predicted octanol–water partition coefficient (Wildman–Crippen LogP) is 1.50. The Labute approximate surface area is 162 Å². The normalized spacial score (nSPS) is 21.7. The minimum absolute atomic E-state index is 0.282. The summed E-state index contributed by atoms with van der Waals surface area (Å²) < 4.78 is 31.4. The van der Waals surface area contributed by atoms with Crippen LogP contribution in [-0.4, -0.2) is 68.8 Å². The Bertz CT molecular complexity index is 953. The Morgan fingerprint density at radius 1 is 1.30 bits per heavy atom. The zero-order chi connectivity index (χ0) is 19.0. The van der Waals surface area contributed by atoms with Crippen molar-refractivity contribution in [1.29, 1.82) is 0 Å². The minimum Gasteiger partial charge on any atom is -0.378 e. The van der Waals surface area contributed by atoms with Crippen LogP contribution in [-0.2, 0) is 19.6 Å². The minimum atomic E-state index is -3.38. The molecule has 0 saturated carbocycles. The number of anilines is 2. The molecule has 1 amide bonds. The van der Waals surface area contributed by atoms with Gasteiger partial charge in [0.05, 0.1) is 29.7 Å². The standard InChI is InChI=1S/C17H22N4O4S2/c1-27(23,24)21-6-2-3-14(21)16(22)18-12-4-5-13-15(11-12)26-17(19-13)20-7-9-25-10-8-20/h4-5,11,14H,2-3,6-10H2,1H3,(H,18,22). The van der Waals surface area contributed by atoms with Crippen LogP contribution in [0.2, 0.25) is 0 Å². The summed E-state index contributed by atoms with van der Waals surface area (Å²) in [6.07, 6.45) is 2.39. The highest BCUT2D eigenvalue weighted by Gasteiger charge is 2.36. The number of rotatable bonds is 4. The molecule has 2 fully saturated rings. The van der Waals surface area contributed by atoms with Gasteiger partial charge in [0.2, 0.25) is 15.9 Å². The number of sulfonamides is 1. The predicted molar refractivity (Wildman–Crippen MR) is 106 cm³/mol. The number of benzene rings is 1. The average Bonchev–Trinajstić information content (AvgIpc) is 3.29. The van der Waals surface area contributed by atoms with Gasteiger partial charge in [-0.15, -0.1) is 0 Å². The van der Waals surface area contributed by atoms with Gasteiger partial charge in [0, 0.05) is 25.3 Å². The van der Waals surface area contributed by atoms with Gasteiger partial charge < -0.3 is 15.0 Å². The van der Waals surface area contributed by atoms with Gasteiger partial charge in [-0.3, -0.25) is 4.79 Å². The molecule has 1 aromatic heterocycles. The highest BCUT2D eigenvalue weighted by atomic mass is 32.2. The summed E-state index contributed by atoms with van der Waals surface area (Å²) in [6, 6.07) is 4.95. The first-order chi connectivity index (χ1) is 12.9. The Kier molecular flexibility index (Phi) is 5.06. The van der Waals surface area contributed by atoms with E-state index in [1.165, 1.54) is 4.31 Å². The maximum absolute atomic E-state index is 12.6. The van der Waals surface area contributed by atoms with E-state index >= 15 is 0 Å².